The Bertz CT molecular complexity index is 2420. The molecule has 6 aromatic rings. The molecule has 0 radical (unpaired) electrons. The first-order valence-corrected chi connectivity index (χ1v) is 16.1. The summed E-state index contributed by atoms with van der Waals surface area (Å²) in [5, 5.41) is 21.5. The van der Waals surface area contributed by atoms with E-state index in [1.54, 1.807) is 50.2 Å². The number of halogens is 4. The number of thiophene rings is 1. The van der Waals surface area contributed by atoms with Crippen molar-refractivity contribution < 1.29 is 27.8 Å². The van der Waals surface area contributed by atoms with E-state index in [9.17, 15) is 33.1 Å². The van der Waals surface area contributed by atoms with Gasteiger partial charge < -0.3 is 9.84 Å². The summed E-state index contributed by atoms with van der Waals surface area (Å²) in [4.78, 5) is 38.8. The van der Waals surface area contributed by atoms with Crippen molar-refractivity contribution in [2.45, 2.75) is 39.9 Å². The molecule has 248 valence electrons. The Morgan fingerprint density at radius 1 is 1.10 bits per heavy atom. The van der Waals surface area contributed by atoms with Crippen LogP contribution in [0.15, 0.2) is 58.7 Å². The highest BCUT2D eigenvalue weighted by Gasteiger charge is 2.37. The van der Waals surface area contributed by atoms with Crippen molar-refractivity contribution >= 4 is 50.0 Å². The number of carbonyl (C=O) groups is 1. The fraction of sp³-hybridized carbons (Fsp3) is 0.200. The van der Waals surface area contributed by atoms with Crippen LogP contribution in [0.25, 0.3) is 43.5 Å². The molecule has 0 amide bonds. The number of carboxylic acid groups (broad SMARTS) is 1. The van der Waals surface area contributed by atoms with Gasteiger partial charge in [-0.05, 0) is 62.7 Å². The molecule has 0 saturated carbocycles. The van der Waals surface area contributed by atoms with Gasteiger partial charge in [0.05, 0.1) is 50.0 Å². The third-order valence-corrected chi connectivity index (χ3v) is 9.20. The number of aromatic carboxylic acids is 1. The molecule has 0 aliphatic heterocycles. The molecule has 0 saturated heterocycles. The number of benzene rings is 2. The second kappa shape index (κ2) is 12.9. The van der Waals surface area contributed by atoms with Crippen LogP contribution in [0, 0.1) is 25.2 Å². The maximum Gasteiger partial charge on any atom is 0.417 e. The third-order valence-electron chi connectivity index (χ3n) is 7.97. The lowest BCUT2D eigenvalue weighted by Gasteiger charge is -2.18. The van der Waals surface area contributed by atoms with E-state index in [0.29, 0.717) is 49.9 Å². The summed E-state index contributed by atoms with van der Waals surface area (Å²) in [5.41, 5.74) is -0.345. The number of aromatic nitrogens is 4. The maximum atomic E-state index is 14.4. The minimum absolute atomic E-state index is 0.0621. The summed E-state index contributed by atoms with van der Waals surface area (Å²) >= 11 is 7.59. The van der Waals surface area contributed by atoms with Crippen LogP contribution in [-0.4, -0.2) is 37.2 Å². The first-order chi connectivity index (χ1) is 23.3. The fourth-order valence-corrected chi connectivity index (χ4v) is 6.93. The Morgan fingerprint density at radius 2 is 1.88 bits per heavy atom. The highest BCUT2D eigenvalue weighted by atomic mass is 35.5. The molecule has 0 unspecified atom stereocenters. The summed E-state index contributed by atoms with van der Waals surface area (Å²) in [6, 6.07) is 14.0. The van der Waals surface area contributed by atoms with Crippen molar-refractivity contribution in [3.8, 4) is 34.2 Å². The Kier molecular flexibility index (Phi) is 8.87. The van der Waals surface area contributed by atoms with Gasteiger partial charge >= 0.3 is 12.1 Å². The van der Waals surface area contributed by atoms with E-state index in [1.165, 1.54) is 34.3 Å². The molecule has 0 bridgehead atoms. The maximum absolute atomic E-state index is 14.4. The number of aryl methyl sites for hydroxylation is 3. The molecule has 0 aliphatic rings. The van der Waals surface area contributed by atoms with E-state index in [4.69, 9.17) is 16.3 Å². The van der Waals surface area contributed by atoms with Crippen LogP contribution >= 0.6 is 22.9 Å². The van der Waals surface area contributed by atoms with Crippen LogP contribution in [0.5, 0.6) is 5.75 Å². The lowest BCUT2D eigenvalue weighted by Crippen LogP contribution is -2.27. The quantitative estimate of drug-likeness (QED) is 0.168. The Hall–Kier alpha value is -5.32. The van der Waals surface area contributed by atoms with Gasteiger partial charge in [-0.2, -0.15) is 18.4 Å². The van der Waals surface area contributed by atoms with Crippen LogP contribution in [0.2, 0.25) is 5.02 Å². The first kappa shape index (κ1) is 33.6. The molecule has 1 N–H and O–H groups in total. The van der Waals surface area contributed by atoms with Gasteiger partial charge in [0.1, 0.15) is 24.3 Å². The topological polar surface area (TPSA) is 131 Å². The number of rotatable bonds is 8. The smallest absolute Gasteiger partial charge is 0.417 e. The van der Waals surface area contributed by atoms with Crippen molar-refractivity contribution in [1.82, 2.24) is 19.5 Å². The predicted octanol–water partition coefficient (Wildman–Crippen LogP) is 8.24. The van der Waals surface area contributed by atoms with Gasteiger partial charge in [-0.25, -0.2) is 9.78 Å². The molecule has 49 heavy (non-hydrogen) atoms. The van der Waals surface area contributed by atoms with Crippen molar-refractivity contribution in [3.05, 3.63) is 103 Å². The number of fused-ring (bicyclic) bond motifs is 2. The van der Waals surface area contributed by atoms with Crippen LogP contribution in [0.3, 0.4) is 0 Å². The van der Waals surface area contributed by atoms with Gasteiger partial charge in [0.25, 0.3) is 5.56 Å². The highest BCUT2D eigenvalue weighted by molar-refractivity contribution is 7.18. The number of hydrogen-bond acceptors (Lipinski definition) is 8. The Labute approximate surface area is 285 Å². The van der Waals surface area contributed by atoms with E-state index in [0.717, 1.165) is 6.07 Å². The van der Waals surface area contributed by atoms with Gasteiger partial charge in [-0.1, -0.05) is 24.6 Å². The van der Waals surface area contributed by atoms with Crippen molar-refractivity contribution in [2.24, 2.45) is 0 Å². The van der Waals surface area contributed by atoms with Gasteiger partial charge in [0, 0.05) is 38.5 Å². The number of alkyl halides is 3. The number of pyridine rings is 2. The molecular formula is C35H25ClF3N5O4S. The molecule has 0 fully saturated rings. The molecular weight excluding hydrogens is 679 g/mol. The van der Waals surface area contributed by atoms with Crippen molar-refractivity contribution in [2.75, 3.05) is 6.61 Å². The molecule has 0 atom stereocenters. The normalized spacial score (nSPS) is 11.6. The number of nitriles is 1. The average molecular weight is 704 g/mol. The highest BCUT2D eigenvalue weighted by Crippen LogP contribution is 2.42. The molecule has 4 aromatic heterocycles. The summed E-state index contributed by atoms with van der Waals surface area (Å²) in [5.74, 6) is -0.591. The lowest BCUT2D eigenvalue weighted by molar-refractivity contribution is -0.137. The van der Waals surface area contributed by atoms with Gasteiger partial charge in [0.15, 0.2) is 0 Å². The number of carboxylic acids is 1. The fourth-order valence-electron chi connectivity index (χ4n) is 5.74. The summed E-state index contributed by atoms with van der Waals surface area (Å²) in [6.45, 7) is 4.90. The molecule has 9 nitrogen and oxygen atoms in total. The first-order valence-electron chi connectivity index (χ1n) is 14.9. The summed E-state index contributed by atoms with van der Waals surface area (Å²) in [6.07, 6.45) is -4.40. The molecule has 0 spiro atoms. The number of ether oxygens (including phenoxy) is 1. The van der Waals surface area contributed by atoms with Crippen LogP contribution in [-0.2, 0) is 19.1 Å². The van der Waals surface area contributed by atoms with E-state index in [-0.39, 0.29) is 41.1 Å². The number of nitrogens with zero attached hydrogens (tertiary/aromatic N) is 5. The SMILES string of the molecule is CCc1cccc(-c2c(C(F)(F)F)cc3nc(C)n(CCOc4ccc(Cl)cc4-c4cc(C)nc5c(C(=O)O)csc45)c(=O)c3c2C#N)n1. The molecule has 14 heteroatoms. The third kappa shape index (κ3) is 6.21. The molecule has 2 aromatic carbocycles. The van der Waals surface area contributed by atoms with Crippen LogP contribution in [0.1, 0.15) is 45.6 Å². The minimum atomic E-state index is -4.86. The Morgan fingerprint density at radius 3 is 2.57 bits per heavy atom. The largest absolute Gasteiger partial charge is 0.491 e. The van der Waals surface area contributed by atoms with E-state index in [2.05, 4.69) is 15.0 Å². The average Bonchev–Trinajstić information content (AvgIpc) is 3.49. The lowest BCUT2D eigenvalue weighted by atomic mass is 9.94. The zero-order valence-corrected chi connectivity index (χ0v) is 27.7. The van der Waals surface area contributed by atoms with E-state index >= 15 is 0 Å². The zero-order valence-electron chi connectivity index (χ0n) is 26.1. The number of hydrogen-bond donors (Lipinski definition) is 1. The standard InChI is InChI=1S/C35H25ClF3N5O4S/c1-4-20-6-5-7-26(43-20)29-23(15-40)30-27(14-25(29)35(37,38)39)42-18(3)44(33(30)45)10-11-48-28-9-8-19(36)13-21(28)22-12-17(2)41-31-24(34(46)47)16-49-32(22)31/h5-9,12-14,16H,4,10-11H2,1-3H3,(H,46,47). The zero-order chi connectivity index (χ0) is 35.2. The monoisotopic (exact) mass is 703 g/mol. The van der Waals surface area contributed by atoms with Crippen LogP contribution < -0.4 is 10.3 Å². The Balaban J connectivity index is 1.42. The van der Waals surface area contributed by atoms with Crippen LogP contribution in [0.4, 0.5) is 13.2 Å². The summed E-state index contributed by atoms with van der Waals surface area (Å²) in [7, 11) is 0. The molecule has 6 rings (SSSR count). The van der Waals surface area contributed by atoms with E-state index < -0.39 is 34.4 Å². The van der Waals surface area contributed by atoms with Gasteiger partial charge in [-0.3, -0.25) is 19.3 Å². The molecule has 4 heterocycles. The van der Waals surface area contributed by atoms with E-state index in [1.807, 2.05) is 6.07 Å². The molecule has 0 aliphatic carbocycles. The second-order valence-electron chi connectivity index (χ2n) is 11.1. The summed E-state index contributed by atoms with van der Waals surface area (Å²) < 4.78 is 51.2. The van der Waals surface area contributed by atoms with Gasteiger partial charge in [-0.15, -0.1) is 11.3 Å². The predicted molar refractivity (Wildman–Crippen MR) is 180 cm³/mol. The van der Waals surface area contributed by atoms with Gasteiger partial charge in [0.2, 0.25) is 0 Å². The van der Waals surface area contributed by atoms with Crippen molar-refractivity contribution in [3.63, 3.8) is 0 Å². The minimum Gasteiger partial charge on any atom is -0.491 e. The van der Waals surface area contributed by atoms with Crippen molar-refractivity contribution in [1.29, 1.82) is 5.26 Å². The second-order valence-corrected chi connectivity index (χ2v) is 12.4.